The van der Waals surface area contributed by atoms with Crippen LogP contribution < -0.4 is 10.0 Å². The highest BCUT2D eigenvalue weighted by Crippen LogP contribution is 2.16. The quantitative estimate of drug-likeness (QED) is 0.580. The second kappa shape index (κ2) is 6.46. The summed E-state index contributed by atoms with van der Waals surface area (Å²) in [6.45, 7) is 3.85. The van der Waals surface area contributed by atoms with Crippen LogP contribution in [-0.2, 0) is 16.6 Å². The molecule has 0 unspecified atom stereocenters. The molecule has 0 atom stereocenters. The maximum atomic E-state index is 13.2. The van der Waals surface area contributed by atoms with Gasteiger partial charge in [-0.3, -0.25) is 10.1 Å². The van der Waals surface area contributed by atoms with Gasteiger partial charge in [-0.2, -0.15) is 0 Å². The van der Waals surface area contributed by atoms with Crippen LogP contribution in [0.25, 0.3) is 0 Å². The van der Waals surface area contributed by atoms with E-state index in [1.165, 1.54) is 12.1 Å². The van der Waals surface area contributed by atoms with Gasteiger partial charge < -0.3 is 5.32 Å². The minimum absolute atomic E-state index is 0.188. The van der Waals surface area contributed by atoms with Crippen molar-refractivity contribution in [1.29, 1.82) is 0 Å². The summed E-state index contributed by atoms with van der Waals surface area (Å²) in [5.74, 6) is -0.686. The Balaban J connectivity index is 2.66. The van der Waals surface area contributed by atoms with Crippen LogP contribution >= 0.6 is 0 Å². The molecule has 1 rings (SSSR count). The van der Waals surface area contributed by atoms with Crippen molar-refractivity contribution in [3.63, 3.8) is 0 Å². The fraction of sp³-hybridized carbons (Fsp3) is 0.500. The third-order valence-corrected chi connectivity index (χ3v) is 3.43. The SMILES string of the molecule is CC(C)(CNCc1cc(F)cc([N+](=O)[O-])c1)NS(C)(=O)=O. The van der Waals surface area contributed by atoms with Crippen LogP contribution in [0.5, 0.6) is 0 Å². The van der Waals surface area contributed by atoms with Gasteiger partial charge in [0.2, 0.25) is 10.0 Å². The van der Waals surface area contributed by atoms with Gasteiger partial charge in [0.1, 0.15) is 5.82 Å². The molecule has 0 radical (unpaired) electrons. The Labute approximate surface area is 122 Å². The number of nitro benzene ring substituents is 1. The molecule has 2 N–H and O–H groups in total. The van der Waals surface area contributed by atoms with Crippen LogP contribution in [0.4, 0.5) is 10.1 Å². The van der Waals surface area contributed by atoms with E-state index in [1.54, 1.807) is 13.8 Å². The summed E-state index contributed by atoms with van der Waals surface area (Å²) in [5.41, 5.74) is -0.635. The summed E-state index contributed by atoms with van der Waals surface area (Å²) in [4.78, 5) is 9.97. The molecule has 0 spiro atoms. The van der Waals surface area contributed by atoms with E-state index in [9.17, 15) is 22.9 Å². The first kappa shape index (κ1) is 17.5. The Hall–Kier alpha value is -1.58. The van der Waals surface area contributed by atoms with Crippen molar-refractivity contribution in [2.45, 2.75) is 25.9 Å². The maximum Gasteiger partial charge on any atom is 0.272 e. The van der Waals surface area contributed by atoms with Crippen LogP contribution in [0.3, 0.4) is 0 Å². The van der Waals surface area contributed by atoms with E-state index in [2.05, 4.69) is 10.0 Å². The molecule has 9 heteroatoms. The van der Waals surface area contributed by atoms with Crippen molar-refractivity contribution in [3.8, 4) is 0 Å². The van der Waals surface area contributed by atoms with Gasteiger partial charge in [0.15, 0.2) is 0 Å². The fourth-order valence-corrected chi connectivity index (χ4v) is 2.97. The smallest absolute Gasteiger partial charge is 0.272 e. The lowest BCUT2D eigenvalue weighted by Gasteiger charge is -2.25. The maximum absolute atomic E-state index is 13.2. The molecule has 0 aliphatic rings. The molecular weight excluding hydrogens is 301 g/mol. The molecule has 0 aliphatic carbocycles. The summed E-state index contributed by atoms with van der Waals surface area (Å²) in [6.07, 6.45) is 1.06. The lowest BCUT2D eigenvalue weighted by molar-refractivity contribution is -0.385. The molecule has 118 valence electrons. The van der Waals surface area contributed by atoms with Crippen LogP contribution in [0.2, 0.25) is 0 Å². The van der Waals surface area contributed by atoms with Gasteiger partial charge in [-0.05, 0) is 25.5 Å². The van der Waals surface area contributed by atoms with Gasteiger partial charge >= 0.3 is 0 Å². The molecule has 21 heavy (non-hydrogen) atoms. The lowest BCUT2D eigenvalue weighted by atomic mass is 10.1. The summed E-state index contributed by atoms with van der Waals surface area (Å²) >= 11 is 0. The Bertz CT molecular complexity index is 631. The van der Waals surface area contributed by atoms with Crippen molar-refractivity contribution >= 4 is 15.7 Å². The van der Waals surface area contributed by atoms with Gasteiger partial charge in [0.25, 0.3) is 5.69 Å². The van der Waals surface area contributed by atoms with E-state index < -0.39 is 26.3 Å². The van der Waals surface area contributed by atoms with E-state index in [4.69, 9.17) is 0 Å². The molecular formula is C12H18FN3O4S. The topological polar surface area (TPSA) is 101 Å². The minimum atomic E-state index is -3.34. The van der Waals surface area contributed by atoms with Gasteiger partial charge in [0.05, 0.1) is 17.2 Å². The molecule has 0 bridgehead atoms. The molecule has 0 aromatic heterocycles. The number of nitrogens with zero attached hydrogens (tertiary/aromatic N) is 1. The van der Waals surface area contributed by atoms with Crippen molar-refractivity contribution in [1.82, 2.24) is 10.0 Å². The molecule has 0 aliphatic heterocycles. The highest BCUT2D eigenvalue weighted by molar-refractivity contribution is 7.88. The van der Waals surface area contributed by atoms with E-state index in [1.807, 2.05) is 0 Å². The zero-order chi connectivity index (χ0) is 16.3. The second-order valence-electron chi connectivity index (χ2n) is 5.44. The summed E-state index contributed by atoms with van der Waals surface area (Å²) in [6, 6.07) is 3.31. The molecule has 0 saturated carbocycles. The molecule has 1 aromatic carbocycles. The summed E-state index contributed by atoms with van der Waals surface area (Å²) in [5, 5.41) is 13.6. The highest BCUT2D eigenvalue weighted by atomic mass is 32.2. The second-order valence-corrected chi connectivity index (χ2v) is 7.18. The largest absolute Gasteiger partial charge is 0.311 e. The third-order valence-electron chi connectivity index (χ3n) is 2.51. The number of hydrogen-bond donors (Lipinski definition) is 2. The molecule has 0 heterocycles. The molecule has 0 saturated heterocycles. The van der Waals surface area contributed by atoms with Crippen LogP contribution in [0.15, 0.2) is 18.2 Å². The third kappa shape index (κ3) is 6.61. The van der Waals surface area contributed by atoms with Gasteiger partial charge in [0, 0.05) is 24.7 Å². The van der Waals surface area contributed by atoms with Crippen LogP contribution in [0, 0.1) is 15.9 Å². The van der Waals surface area contributed by atoms with Crippen molar-refractivity contribution in [2.24, 2.45) is 0 Å². The van der Waals surface area contributed by atoms with Crippen molar-refractivity contribution < 1.29 is 17.7 Å². The normalized spacial score (nSPS) is 12.4. The molecule has 7 nitrogen and oxygen atoms in total. The fourth-order valence-electron chi connectivity index (χ4n) is 1.90. The minimum Gasteiger partial charge on any atom is -0.311 e. The van der Waals surface area contributed by atoms with Gasteiger partial charge in [-0.15, -0.1) is 0 Å². The first-order valence-corrected chi connectivity index (χ1v) is 8.01. The van der Waals surface area contributed by atoms with E-state index in [0.29, 0.717) is 5.56 Å². The number of halogens is 1. The Morgan fingerprint density at radius 3 is 2.48 bits per heavy atom. The summed E-state index contributed by atoms with van der Waals surface area (Å²) in [7, 11) is -3.34. The molecule has 0 amide bonds. The number of sulfonamides is 1. The zero-order valence-electron chi connectivity index (χ0n) is 12.0. The number of nitrogens with one attached hydrogen (secondary N) is 2. The highest BCUT2D eigenvalue weighted by Gasteiger charge is 2.21. The Kier molecular flexibility index (Phi) is 5.37. The average molecular weight is 319 g/mol. The standard InChI is InChI=1S/C12H18FN3O4S/c1-12(2,15-21(3,19)20)8-14-7-9-4-10(13)6-11(5-9)16(17)18/h4-6,14-15H,7-8H2,1-3H3. The lowest BCUT2D eigenvalue weighted by Crippen LogP contribution is -2.49. The monoisotopic (exact) mass is 319 g/mol. The van der Waals surface area contributed by atoms with Crippen LogP contribution in [0.1, 0.15) is 19.4 Å². The first-order valence-electron chi connectivity index (χ1n) is 6.12. The predicted molar refractivity (Wildman–Crippen MR) is 76.8 cm³/mol. The van der Waals surface area contributed by atoms with Crippen LogP contribution in [-0.4, -0.2) is 31.7 Å². The molecule has 1 aromatic rings. The number of nitro groups is 1. The summed E-state index contributed by atoms with van der Waals surface area (Å²) < 4.78 is 38.1. The van der Waals surface area contributed by atoms with Gasteiger partial charge in [-0.25, -0.2) is 17.5 Å². The predicted octanol–water partition coefficient (Wildman–Crippen LogP) is 1.15. The number of benzene rings is 1. The van der Waals surface area contributed by atoms with E-state index in [-0.39, 0.29) is 18.8 Å². The Morgan fingerprint density at radius 2 is 1.95 bits per heavy atom. The number of hydrogen-bond acceptors (Lipinski definition) is 5. The Morgan fingerprint density at radius 1 is 1.33 bits per heavy atom. The van der Waals surface area contributed by atoms with Crippen molar-refractivity contribution in [3.05, 3.63) is 39.7 Å². The average Bonchev–Trinajstić information content (AvgIpc) is 2.24. The van der Waals surface area contributed by atoms with Crippen molar-refractivity contribution in [2.75, 3.05) is 12.8 Å². The zero-order valence-corrected chi connectivity index (χ0v) is 12.8. The first-order chi connectivity index (χ1) is 9.48. The van der Waals surface area contributed by atoms with Gasteiger partial charge in [-0.1, -0.05) is 0 Å². The van der Waals surface area contributed by atoms with E-state index >= 15 is 0 Å². The van der Waals surface area contributed by atoms with E-state index in [0.717, 1.165) is 12.3 Å². The number of non-ortho nitro benzene ring substituents is 1. The molecule has 0 fully saturated rings. The number of rotatable bonds is 7.